The van der Waals surface area contributed by atoms with Crippen molar-refractivity contribution >= 4 is 17.7 Å². The van der Waals surface area contributed by atoms with Crippen molar-refractivity contribution in [3.05, 3.63) is 59.5 Å². The average molecular weight is 357 g/mol. The highest BCUT2D eigenvalue weighted by molar-refractivity contribution is 5.93. The Morgan fingerprint density at radius 1 is 1.04 bits per heavy atom. The van der Waals surface area contributed by atoms with Crippen LogP contribution in [-0.4, -0.2) is 43.3 Å². The number of rotatable bonds is 8. The van der Waals surface area contributed by atoms with E-state index in [2.05, 4.69) is 10.6 Å². The summed E-state index contributed by atoms with van der Waals surface area (Å²) in [6, 6.07) is 10.4. The molecule has 0 fully saturated rings. The smallest absolute Gasteiger partial charge is 0.286 e. The first-order valence-electron chi connectivity index (χ1n) is 8.36. The number of furan rings is 1. The molecule has 0 saturated carbocycles. The van der Waals surface area contributed by atoms with Crippen LogP contribution >= 0.6 is 0 Å². The van der Waals surface area contributed by atoms with Crippen molar-refractivity contribution in [3.63, 3.8) is 0 Å². The molecule has 2 rings (SSSR count). The minimum absolute atomic E-state index is 0.0582. The second-order valence-electron chi connectivity index (χ2n) is 6.01. The van der Waals surface area contributed by atoms with Gasteiger partial charge in [-0.1, -0.05) is 12.1 Å². The van der Waals surface area contributed by atoms with Crippen LogP contribution in [-0.2, 0) is 11.3 Å². The number of hydrogen-bond acceptors (Lipinski definition) is 4. The zero-order valence-corrected chi connectivity index (χ0v) is 15.0. The highest BCUT2D eigenvalue weighted by Gasteiger charge is 2.09. The lowest BCUT2D eigenvalue weighted by atomic mass is 10.1. The predicted molar refractivity (Wildman–Crippen MR) is 96.6 cm³/mol. The number of nitrogens with one attached hydrogen (secondary N) is 2. The standard InChI is InChI=1S/C19H23N3O4/c1-22(2)19(25)15-9-7-14(8-10-15)13-21-17(23)6-3-11-20-18(24)16-5-4-12-26-16/h4-5,7-10,12H,3,6,11,13H2,1-2H3,(H,20,24)(H,21,23). The second kappa shape index (κ2) is 9.41. The Morgan fingerprint density at radius 2 is 1.77 bits per heavy atom. The molecule has 1 aromatic heterocycles. The molecule has 7 nitrogen and oxygen atoms in total. The largest absolute Gasteiger partial charge is 0.459 e. The van der Waals surface area contributed by atoms with Crippen molar-refractivity contribution < 1.29 is 18.8 Å². The van der Waals surface area contributed by atoms with Gasteiger partial charge in [-0.2, -0.15) is 0 Å². The maximum atomic E-state index is 11.9. The summed E-state index contributed by atoms with van der Waals surface area (Å²) in [6.07, 6.45) is 2.29. The lowest BCUT2D eigenvalue weighted by molar-refractivity contribution is -0.121. The van der Waals surface area contributed by atoms with E-state index in [1.807, 2.05) is 12.1 Å². The van der Waals surface area contributed by atoms with Crippen molar-refractivity contribution in [1.82, 2.24) is 15.5 Å². The molecule has 0 radical (unpaired) electrons. The molecule has 2 aromatic rings. The SMILES string of the molecule is CN(C)C(=O)c1ccc(CNC(=O)CCCNC(=O)c2ccco2)cc1. The molecule has 0 aliphatic carbocycles. The Hall–Kier alpha value is -3.09. The third-order valence-electron chi connectivity index (χ3n) is 3.71. The van der Waals surface area contributed by atoms with E-state index in [1.54, 1.807) is 38.4 Å². The fourth-order valence-corrected chi connectivity index (χ4v) is 2.26. The molecule has 0 aliphatic rings. The second-order valence-corrected chi connectivity index (χ2v) is 6.01. The van der Waals surface area contributed by atoms with Gasteiger partial charge < -0.3 is 20.0 Å². The first-order chi connectivity index (χ1) is 12.5. The normalized spacial score (nSPS) is 10.2. The summed E-state index contributed by atoms with van der Waals surface area (Å²) < 4.78 is 4.98. The van der Waals surface area contributed by atoms with E-state index in [4.69, 9.17) is 4.42 Å². The third-order valence-corrected chi connectivity index (χ3v) is 3.71. The monoisotopic (exact) mass is 357 g/mol. The van der Waals surface area contributed by atoms with Gasteiger partial charge in [0, 0.05) is 39.2 Å². The quantitative estimate of drug-likeness (QED) is 0.705. The van der Waals surface area contributed by atoms with Crippen LogP contribution in [0.4, 0.5) is 0 Å². The summed E-state index contributed by atoms with van der Waals surface area (Å²) in [5, 5.41) is 5.51. The first kappa shape index (κ1) is 19.2. The topological polar surface area (TPSA) is 91.7 Å². The molecule has 0 saturated heterocycles. The molecule has 1 heterocycles. The van der Waals surface area contributed by atoms with E-state index in [0.717, 1.165) is 5.56 Å². The molecule has 2 N–H and O–H groups in total. The van der Waals surface area contributed by atoms with Crippen LogP contribution in [0.15, 0.2) is 47.1 Å². The Bertz CT molecular complexity index is 737. The van der Waals surface area contributed by atoms with Gasteiger partial charge in [-0.25, -0.2) is 0 Å². The van der Waals surface area contributed by atoms with Crippen LogP contribution < -0.4 is 10.6 Å². The molecule has 0 aliphatic heterocycles. The lowest BCUT2D eigenvalue weighted by Crippen LogP contribution is -2.27. The number of nitrogens with zero attached hydrogens (tertiary/aromatic N) is 1. The molecule has 7 heteroatoms. The highest BCUT2D eigenvalue weighted by atomic mass is 16.3. The number of carbonyl (C=O) groups excluding carboxylic acids is 3. The molecule has 0 atom stereocenters. The zero-order valence-electron chi connectivity index (χ0n) is 15.0. The van der Waals surface area contributed by atoms with Crippen molar-refractivity contribution in [1.29, 1.82) is 0 Å². The Balaban J connectivity index is 1.65. The van der Waals surface area contributed by atoms with Crippen LogP contribution in [0.1, 0.15) is 39.3 Å². The van der Waals surface area contributed by atoms with Gasteiger partial charge in [0.25, 0.3) is 11.8 Å². The lowest BCUT2D eigenvalue weighted by Gasteiger charge is -2.11. The number of hydrogen-bond donors (Lipinski definition) is 2. The molecule has 3 amide bonds. The van der Waals surface area contributed by atoms with E-state index in [0.29, 0.717) is 31.5 Å². The van der Waals surface area contributed by atoms with E-state index in [1.165, 1.54) is 11.2 Å². The van der Waals surface area contributed by atoms with Crippen molar-refractivity contribution in [2.45, 2.75) is 19.4 Å². The molecule has 26 heavy (non-hydrogen) atoms. The number of carbonyl (C=O) groups is 3. The maximum Gasteiger partial charge on any atom is 0.286 e. The van der Waals surface area contributed by atoms with Gasteiger partial charge in [0.15, 0.2) is 5.76 Å². The number of benzene rings is 1. The summed E-state index contributed by atoms with van der Waals surface area (Å²) in [5.41, 5.74) is 1.53. The predicted octanol–water partition coefficient (Wildman–Crippen LogP) is 1.81. The fraction of sp³-hybridized carbons (Fsp3) is 0.316. The van der Waals surface area contributed by atoms with Crippen LogP contribution in [0.3, 0.4) is 0 Å². The highest BCUT2D eigenvalue weighted by Crippen LogP contribution is 2.06. The summed E-state index contributed by atoms with van der Waals surface area (Å²) in [6.45, 7) is 0.794. The van der Waals surface area contributed by atoms with Gasteiger partial charge in [-0.15, -0.1) is 0 Å². The van der Waals surface area contributed by atoms with E-state index in [9.17, 15) is 14.4 Å². The van der Waals surface area contributed by atoms with Crippen LogP contribution in [0.5, 0.6) is 0 Å². The summed E-state index contributed by atoms with van der Waals surface area (Å²) in [7, 11) is 3.40. The van der Waals surface area contributed by atoms with Crippen LogP contribution in [0.25, 0.3) is 0 Å². The van der Waals surface area contributed by atoms with E-state index in [-0.39, 0.29) is 23.5 Å². The minimum Gasteiger partial charge on any atom is -0.459 e. The Kier molecular flexibility index (Phi) is 6.96. The zero-order chi connectivity index (χ0) is 18.9. The van der Waals surface area contributed by atoms with Crippen LogP contribution in [0.2, 0.25) is 0 Å². The molecule has 0 bridgehead atoms. The Labute approximate surface area is 152 Å². The summed E-state index contributed by atoms with van der Waals surface area (Å²) in [4.78, 5) is 36.8. The minimum atomic E-state index is -0.289. The van der Waals surface area contributed by atoms with Crippen molar-refractivity contribution in [2.24, 2.45) is 0 Å². The van der Waals surface area contributed by atoms with Crippen molar-refractivity contribution in [2.75, 3.05) is 20.6 Å². The third kappa shape index (κ3) is 5.77. The van der Waals surface area contributed by atoms with Gasteiger partial charge in [0.2, 0.25) is 5.91 Å². The van der Waals surface area contributed by atoms with Crippen LogP contribution in [0, 0.1) is 0 Å². The molecule has 1 aromatic carbocycles. The fourth-order valence-electron chi connectivity index (χ4n) is 2.26. The van der Waals surface area contributed by atoms with Gasteiger partial charge in [-0.3, -0.25) is 14.4 Å². The van der Waals surface area contributed by atoms with Gasteiger partial charge in [0.05, 0.1) is 6.26 Å². The molecule has 0 spiro atoms. The molecular weight excluding hydrogens is 334 g/mol. The van der Waals surface area contributed by atoms with Gasteiger partial charge in [0.1, 0.15) is 0 Å². The number of amides is 3. The van der Waals surface area contributed by atoms with E-state index < -0.39 is 0 Å². The molecular formula is C19H23N3O4. The Morgan fingerprint density at radius 3 is 2.38 bits per heavy atom. The summed E-state index contributed by atoms with van der Waals surface area (Å²) in [5.74, 6) is -0.184. The molecule has 0 unspecified atom stereocenters. The molecule has 138 valence electrons. The average Bonchev–Trinajstić information content (AvgIpc) is 3.18. The van der Waals surface area contributed by atoms with Gasteiger partial charge >= 0.3 is 0 Å². The first-order valence-corrected chi connectivity index (χ1v) is 8.36. The van der Waals surface area contributed by atoms with E-state index >= 15 is 0 Å². The summed E-state index contributed by atoms with van der Waals surface area (Å²) >= 11 is 0. The van der Waals surface area contributed by atoms with Crippen molar-refractivity contribution in [3.8, 4) is 0 Å². The van der Waals surface area contributed by atoms with Gasteiger partial charge in [-0.05, 0) is 36.2 Å². The maximum absolute atomic E-state index is 11.9.